The van der Waals surface area contributed by atoms with Crippen LogP contribution in [0.2, 0.25) is 0 Å². The molecule has 2 aromatic rings. The maximum atomic E-state index is 12.8. The molecule has 1 N–H and O–H groups in total. The molecule has 2 saturated heterocycles. The Kier molecular flexibility index (Phi) is 6.38. The number of hydrogen-bond donors (Lipinski definition) is 1. The van der Waals surface area contributed by atoms with Crippen molar-refractivity contribution in [2.45, 2.75) is 44.7 Å². The van der Waals surface area contributed by atoms with Gasteiger partial charge in [0.05, 0.1) is 6.54 Å². The molecule has 8 heteroatoms. The minimum atomic E-state index is -0.666. The first-order valence-corrected chi connectivity index (χ1v) is 11.9. The first kappa shape index (κ1) is 22.3. The van der Waals surface area contributed by atoms with E-state index in [2.05, 4.69) is 29.6 Å². The molecule has 0 saturated carbocycles. The van der Waals surface area contributed by atoms with E-state index in [0.29, 0.717) is 23.8 Å². The van der Waals surface area contributed by atoms with Gasteiger partial charge in [-0.25, -0.2) is 4.79 Å². The van der Waals surface area contributed by atoms with Gasteiger partial charge in [0.15, 0.2) is 11.5 Å². The minimum Gasteiger partial charge on any atom is -0.454 e. The fourth-order valence-electron chi connectivity index (χ4n) is 4.90. The number of nitrogens with zero attached hydrogens (tertiary/aromatic N) is 2. The van der Waals surface area contributed by atoms with Crippen LogP contribution in [-0.2, 0) is 22.6 Å². The lowest BCUT2D eigenvalue weighted by Crippen LogP contribution is -2.40. The number of urea groups is 1. The van der Waals surface area contributed by atoms with Crippen molar-refractivity contribution < 1.29 is 23.9 Å². The number of imide groups is 1. The summed E-state index contributed by atoms with van der Waals surface area (Å²) in [5.74, 6) is 1.61. The molecule has 3 aliphatic rings. The summed E-state index contributed by atoms with van der Waals surface area (Å²) in [5, 5.41) is 2.73. The van der Waals surface area contributed by atoms with Crippen molar-refractivity contribution in [1.82, 2.24) is 15.1 Å². The largest absolute Gasteiger partial charge is 0.454 e. The van der Waals surface area contributed by atoms with E-state index in [0.717, 1.165) is 37.9 Å². The predicted molar refractivity (Wildman–Crippen MR) is 124 cm³/mol. The highest BCUT2D eigenvalue weighted by Gasteiger charge is 2.38. The number of rotatable bonds is 7. The van der Waals surface area contributed by atoms with Crippen molar-refractivity contribution in [3.63, 3.8) is 0 Å². The Morgan fingerprint density at radius 1 is 0.971 bits per heavy atom. The SMILES string of the molecule is O=C(CCC1NC(=O)N(Cc2ccc3c(c2)OCO3)C1=O)N1CCC(Cc2ccccc2)CC1. The third-order valence-electron chi connectivity index (χ3n) is 6.87. The van der Waals surface area contributed by atoms with Crippen LogP contribution in [0.15, 0.2) is 48.5 Å². The average Bonchev–Trinajstić information content (AvgIpc) is 3.43. The Morgan fingerprint density at radius 2 is 1.74 bits per heavy atom. The molecule has 0 aliphatic carbocycles. The van der Waals surface area contributed by atoms with Gasteiger partial charge in [0.1, 0.15) is 6.04 Å². The lowest BCUT2D eigenvalue weighted by atomic mass is 9.90. The molecule has 4 amide bonds. The van der Waals surface area contributed by atoms with Crippen molar-refractivity contribution in [1.29, 1.82) is 0 Å². The molecule has 2 aromatic carbocycles. The summed E-state index contributed by atoms with van der Waals surface area (Å²) in [7, 11) is 0. The number of piperidine rings is 1. The van der Waals surface area contributed by atoms with Gasteiger partial charge in [-0.1, -0.05) is 36.4 Å². The van der Waals surface area contributed by atoms with Crippen molar-refractivity contribution in [2.75, 3.05) is 19.9 Å². The standard InChI is InChI=1S/C26H29N3O5/c30-24(28-12-10-19(11-13-28)14-18-4-2-1-3-5-18)9-7-21-25(31)29(26(32)27-21)16-20-6-8-22-23(15-20)34-17-33-22/h1-6,8,15,19,21H,7,9-14,16-17H2,(H,27,32). The predicted octanol–water partition coefficient (Wildman–Crippen LogP) is 3.10. The second-order valence-corrected chi connectivity index (χ2v) is 9.17. The molecular weight excluding hydrogens is 434 g/mol. The zero-order valence-corrected chi connectivity index (χ0v) is 19.1. The Morgan fingerprint density at radius 3 is 2.53 bits per heavy atom. The Hall–Kier alpha value is -3.55. The zero-order chi connectivity index (χ0) is 23.5. The van der Waals surface area contributed by atoms with Gasteiger partial charge >= 0.3 is 6.03 Å². The van der Waals surface area contributed by atoms with Crippen LogP contribution in [-0.4, -0.2) is 53.6 Å². The van der Waals surface area contributed by atoms with Gasteiger partial charge in [0, 0.05) is 19.5 Å². The molecule has 2 fully saturated rings. The molecule has 1 atom stereocenters. The molecule has 0 bridgehead atoms. The lowest BCUT2D eigenvalue weighted by molar-refractivity contribution is -0.133. The monoisotopic (exact) mass is 463 g/mol. The summed E-state index contributed by atoms with van der Waals surface area (Å²) in [6, 6.07) is 14.7. The van der Waals surface area contributed by atoms with Crippen LogP contribution < -0.4 is 14.8 Å². The molecule has 178 valence electrons. The Labute approximate surface area is 198 Å². The van der Waals surface area contributed by atoms with E-state index in [4.69, 9.17) is 9.47 Å². The lowest BCUT2D eigenvalue weighted by Gasteiger charge is -2.32. The molecule has 3 heterocycles. The Balaban J connectivity index is 1.08. The third-order valence-corrected chi connectivity index (χ3v) is 6.87. The van der Waals surface area contributed by atoms with Gasteiger partial charge in [0.25, 0.3) is 5.91 Å². The fraction of sp³-hybridized carbons (Fsp3) is 0.423. The number of nitrogens with one attached hydrogen (secondary N) is 1. The summed E-state index contributed by atoms with van der Waals surface area (Å²) < 4.78 is 10.7. The summed E-state index contributed by atoms with van der Waals surface area (Å²) in [4.78, 5) is 41.1. The van der Waals surface area contributed by atoms with Crippen LogP contribution in [0.1, 0.15) is 36.8 Å². The van der Waals surface area contributed by atoms with Crippen LogP contribution in [0.25, 0.3) is 0 Å². The average molecular weight is 464 g/mol. The minimum absolute atomic E-state index is 0.0504. The molecule has 5 rings (SSSR count). The van der Waals surface area contributed by atoms with E-state index in [9.17, 15) is 14.4 Å². The van der Waals surface area contributed by atoms with Crippen molar-refractivity contribution in [3.8, 4) is 11.5 Å². The molecule has 34 heavy (non-hydrogen) atoms. The number of benzene rings is 2. The third kappa shape index (κ3) is 4.85. The van der Waals surface area contributed by atoms with Crippen LogP contribution in [0.3, 0.4) is 0 Å². The first-order valence-electron chi connectivity index (χ1n) is 11.9. The van der Waals surface area contributed by atoms with Crippen molar-refractivity contribution in [3.05, 3.63) is 59.7 Å². The number of fused-ring (bicyclic) bond motifs is 1. The zero-order valence-electron chi connectivity index (χ0n) is 19.1. The first-order chi connectivity index (χ1) is 16.6. The Bertz CT molecular complexity index is 1070. The molecule has 0 radical (unpaired) electrons. The molecule has 3 aliphatic heterocycles. The number of carbonyl (C=O) groups is 3. The highest BCUT2D eigenvalue weighted by molar-refractivity contribution is 6.04. The van der Waals surface area contributed by atoms with Gasteiger partial charge in [-0.2, -0.15) is 0 Å². The van der Waals surface area contributed by atoms with Crippen LogP contribution in [0, 0.1) is 5.92 Å². The fourth-order valence-corrected chi connectivity index (χ4v) is 4.90. The molecular formula is C26H29N3O5. The number of hydrogen-bond acceptors (Lipinski definition) is 5. The summed E-state index contributed by atoms with van der Waals surface area (Å²) in [6.45, 7) is 1.82. The van der Waals surface area contributed by atoms with Crippen LogP contribution in [0.4, 0.5) is 4.79 Å². The van der Waals surface area contributed by atoms with E-state index < -0.39 is 12.1 Å². The van der Waals surface area contributed by atoms with E-state index >= 15 is 0 Å². The van der Waals surface area contributed by atoms with Crippen LogP contribution in [0.5, 0.6) is 11.5 Å². The maximum Gasteiger partial charge on any atom is 0.325 e. The number of likely N-dealkylation sites (tertiary alicyclic amines) is 1. The van der Waals surface area contributed by atoms with Gasteiger partial charge in [0.2, 0.25) is 12.7 Å². The quantitative estimate of drug-likeness (QED) is 0.638. The topological polar surface area (TPSA) is 88.2 Å². The normalized spacial score (nSPS) is 20.1. The summed E-state index contributed by atoms with van der Waals surface area (Å²) >= 11 is 0. The van der Waals surface area contributed by atoms with Gasteiger partial charge < -0.3 is 19.7 Å². The van der Waals surface area contributed by atoms with E-state index in [-0.39, 0.29) is 31.6 Å². The maximum absolute atomic E-state index is 12.8. The summed E-state index contributed by atoms with van der Waals surface area (Å²) in [6.07, 6.45) is 3.58. The second kappa shape index (κ2) is 9.75. The number of ether oxygens (including phenoxy) is 2. The van der Waals surface area contributed by atoms with Crippen LogP contribution >= 0.6 is 0 Å². The second-order valence-electron chi connectivity index (χ2n) is 9.17. The summed E-state index contributed by atoms with van der Waals surface area (Å²) in [5.41, 5.74) is 2.12. The van der Waals surface area contributed by atoms with Gasteiger partial charge in [-0.3, -0.25) is 14.5 Å². The smallest absolute Gasteiger partial charge is 0.325 e. The van der Waals surface area contributed by atoms with Crippen molar-refractivity contribution in [2.24, 2.45) is 5.92 Å². The molecule has 0 spiro atoms. The highest BCUT2D eigenvalue weighted by Crippen LogP contribution is 2.33. The van der Waals surface area contributed by atoms with Gasteiger partial charge in [-0.15, -0.1) is 0 Å². The van der Waals surface area contributed by atoms with Gasteiger partial charge in [-0.05, 0) is 54.9 Å². The highest BCUT2D eigenvalue weighted by atomic mass is 16.7. The molecule has 8 nitrogen and oxygen atoms in total. The number of carbonyl (C=O) groups excluding carboxylic acids is 3. The molecule has 1 unspecified atom stereocenters. The van der Waals surface area contributed by atoms with E-state index in [1.807, 2.05) is 17.0 Å². The van der Waals surface area contributed by atoms with E-state index in [1.54, 1.807) is 12.1 Å². The van der Waals surface area contributed by atoms with E-state index in [1.165, 1.54) is 10.5 Å². The number of amides is 4. The molecule has 0 aromatic heterocycles. The van der Waals surface area contributed by atoms with Crippen molar-refractivity contribution >= 4 is 17.8 Å².